The van der Waals surface area contributed by atoms with Crippen LogP contribution in [0.25, 0.3) is 0 Å². The van der Waals surface area contributed by atoms with Crippen LogP contribution in [0.2, 0.25) is 10.0 Å². The Morgan fingerprint density at radius 2 is 1.73 bits per heavy atom. The third kappa shape index (κ3) is 4.97. The molecule has 1 rings (SSSR count). The standard InChI is InChI=1S/C11H16Cl2N2O5S2/c1-2-3-15(4-5-21(16,17)18)22(19,20)11-7-8(12)10(14)6-9(11)13/h6-7H,2-5,14H2,1H3,(H,16,17,18). The van der Waals surface area contributed by atoms with Crippen LogP contribution in [0.4, 0.5) is 5.69 Å². The van der Waals surface area contributed by atoms with E-state index in [0.29, 0.717) is 6.42 Å². The molecule has 0 radical (unpaired) electrons. The van der Waals surface area contributed by atoms with E-state index >= 15 is 0 Å². The monoisotopic (exact) mass is 390 g/mol. The van der Waals surface area contributed by atoms with Crippen LogP contribution in [0.5, 0.6) is 0 Å². The zero-order chi connectivity index (χ0) is 17.1. The van der Waals surface area contributed by atoms with Crippen LogP contribution in [0.15, 0.2) is 17.0 Å². The lowest BCUT2D eigenvalue weighted by molar-refractivity contribution is 0.417. The molecule has 0 saturated heterocycles. The number of benzene rings is 1. The molecule has 0 aliphatic rings. The summed E-state index contributed by atoms with van der Waals surface area (Å²) in [4.78, 5) is -0.267. The fourth-order valence-corrected chi connectivity index (χ4v) is 4.56. The molecular formula is C11H16Cl2N2O5S2. The van der Waals surface area contributed by atoms with Gasteiger partial charge in [0.1, 0.15) is 4.90 Å². The van der Waals surface area contributed by atoms with E-state index in [1.54, 1.807) is 6.92 Å². The van der Waals surface area contributed by atoms with Crippen molar-refractivity contribution in [2.24, 2.45) is 0 Å². The molecule has 7 nitrogen and oxygen atoms in total. The van der Waals surface area contributed by atoms with E-state index in [9.17, 15) is 16.8 Å². The van der Waals surface area contributed by atoms with E-state index in [-0.39, 0.29) is 27.2 Å². The molecular weight excluding hydrogens is 375 g/mol. The number of hydrogen-bond donors (Lipinski definition) is 2. The van der Waals surface area contributed by atoms with Gasteiger partial charge in [0.05, 0.1) is 21.5 Å². The third-order valence-electron chi connectivity index (χ3n) is 2.74. The summed E-state index contributed by atoms with van der Waals surface area (Å²) in [6, 6.07) is 2.33. The minimum Gasteiger partial charge on any atom is -0.397 e. The molecule has 0 saturated carbocycles. The van der Waals surface area contributed by atoms with Crippen LogP contribution in [-0.2, 0) is 20.1 Å². The number of sulfonamides is 1. The van der Waals surface area contributed by atoms with Gasteiger partial charge in [0.15, 0.2) is 0 Å². The number of nitrogen functional groups attached to an aromatic ring is 1. The number of halogens is 2. The molecule has 3 N–H and O–H groups in total. The molecule has 0 bridgehead atoms. The van der Waals surface area contributed by atoms with Gasteiger partial charge in [-0.05, 0) is 18.6 Å². The Morgan fingerprint density at radius 1 is 1.14 bits per heavy atom. The van der Waals surface area contributed by atoms with Crippen molar-refractivity contribution in [1.29, 1.82) is 0 Å². The lowest BCUT2D eigenvalue weighted by Crippen LogP contribution is -2.36. The van der Waals surface area contributed by atoms with Crippen LogP contribution in [0.1, 0.15) is 13.3 Å². The van der Waals surface area contributed by atoms with Crippen molar-refractivity contribution in [1.82, 2.24) is 4.31 Å². The smallest absolute Gasteiger partial charge is 0.266 e. The lowest BCUT2D eigenvalue weighted by atomic mass is 10.3. The van der Waals surface area contributed by atoms with E-state index in [0.717, 1.165) is 10.4 Å². The summed E-state index contributed by atoms with van der Waals surface area (Å²) >= 11 is 11.7. The first-order valence-electron chi connectivity index (χ1n) is 6.19. The summed E-state index contributed by atoms with van der Waals surface area (Å²) in [5.74, 6) is -0.716. The van der Waals surface area contributed by atoms with Gasteiger partial charge >= 0.3 is 0 Å². The van der Waals surface area contributed by atoms with Gasteiger partial charge in [-0.25, -0.2) is 8.42 Å². The van der Waals surface area contributed by atoms with Gasteiger partial charge < -0.3 is 5.73 Å². The van der Waals surface area contributed by atoms with Crippen LogP contribution in [0.3, 0.4) is 0 Å². The SMILES string of the molecule is CCCN(CCS(=O)(=O)O)S(=O)(=O)c1cc(Cl)c(N)cc1Cl. The minimum absolute atomic E-state index is 0.0224. The number of anilines is 1. The Hall–Kier alpha value is -0.580. The normalized spacial score (nSPS) is 12.8. The summed E-state index contributed by atoms with van der Waals surface area (Å²) < 4.78 is 56.6. The van der Waals surface area contributed by atoms with Gasteiger partial charge in [0.2, 0.25) is 10.0 Å². The molecule has 0 aliphatic heterocycles. The second-order valence-corrected chi connectivity index (χ2v) is 8.79. The molecule has 1 aromatic rings. The quantitative estimate of drug-likeness (QED) is 0.541. The first-order chi connectivity index (χ1) is 9.99. The molecule has 0 fully saturated rings. The molecule has 0 atom stereocenters. The minimum atomic E-state index is -4.29. The van der Waals surface area contributed by atoms with Crippen molar-refractivity contribution in [2.75, 3.05) is 24.6 Å². The van der Waals surface area contributed by atoms with Gasteiger partial charge in [-0.2, -0.15) is 12.7 Å². The zero-order valence-corrected chi connectivity index (χ0v) is 14.8. The summed E-state index contributed by atoms with van der Waals surface area (Å²) in [6.07, 6.45) is 0.449. The Kier molecular flexibility index (Phi) is 6.48. The highest BCUT2D eigenvalue weighted by Gasteiger charge is 2.28. The number of rotatable bonds is 7. The second kappa shape index (κ2) is 7.33. The highest BCUT2D eigenvalue weighted by Crippen LogP contribution is 2.32. The predicted molar refractivity (Wildman–Crippen MR) is 86.3 cm³/mol. The molecule has 0 heterocycles. The van der Waals surface area contributed by atoms with Crippen LogP contribution in [-0.4, -0.2) is 44.5 Å². The average Bonchev–Trinajstić information content (AvgIpc) is 2.37. The highest BCUT2D eigenvalue weighted by molar-refractivity contribution is 7.89. The maximum Gasteiger partial charge on any atom is 0.266 e. The Labute approximate surface area is 139 Å². The van der Waals surface area contributed by atoms with Gasteiger partial charge in [-0.15, -0.1) is 0 Å². The number of nitrogens with two attached hydrogens (primary N) is 1. The van der Waals surface area contributed by atoms with Crippen molar-refractivity contribution >= 4 is 49.0 Å². The van der Waals surface area contributed by atoms with Crippen molar-refractivity contribution < 1.29 is 21.4 Å². The molecule has 126 valence electrons. The summed E-state index contributed by atoms with van der Waals surface area (Å²) in [6.45, 7) is 1.40. The molecule has 0 amide bonds. The molecule has 0 aliphatic carbocycles. The van der Waals surface area contributed by atoms with Gasteiger partial charge in [-0.3, -0.25) is 4.55 Å². The summed E-state index contributed by atoms with van der Waals surface area (Å²) in [7, 11) is -8.36. The van der Waals surface area contributed by atoms with Gasteiger partial charge in [-0.1, -0.05) is 30.1 Å². The lowest BCUT2D eigenvalue weighted by Gasteiger charge is -2.22. The van der Waals surface area contributed by atoms with E-state index < -0.39 is 32.4 Å². The average molecular weight is 391 g/mol. The zero-order valence-electron chi connectivity index (χ0n) is 11.7. The Morgan fingerprint density at radius 3 is 2.23 bits per heavy atom. The Bertz CT molecular complexity index is 750. The first kappa shape index (κ1) is 19.5. The van der Waals surface area contributed by atoms with Gasteiger partial charge in [0, 0.05) is 13.1 Å². The van der Waals surface area contributed by atoms with Gasteiger partial charge in [0.25, 0.3) is 10.1 Å². The van der Waals surface area contributed by atoms with Crippen LogP contribution in [0, 0.1) is 0 Å². The molecule has 0 unspecified atom stereocenters. The van der Waals surface area contributed by atoms with E-state index in [4.69, 9.17) is 33.5 Å². The molecule has 1 aromatic carbocycles. The maximum atomic E-state index is 12.6. The summed E-state index contributed by atoms with van der Waals surface area (Å²) in [5.41, 5.74) is 5.68. The fourth-order valence-electron chi connectivity index (χ4n) is 1.70. The van der Waals surface area contributed by atoms with Crippen LogP contribution < -0.4 is 5.73 Å². The van der Waals surface area contributed by atoms with Crippen molar-refractivity contribution in [3.05, 3.63) is 22.2 Å². The van der Waals surface area contributed by atoms with Crippen LogP contribution >= 0.6 is 23.2 Å². The van der Waals surface area contributed by atoms with Crippen molar-refractivity contribution in [3.63, 3.8) is 0 Å². The van der Waals surface area contributed by atoms with Crippen molar-refractivity contribution in [2.45, 2.75) is 18.2 Å². The maximum absolute atomic E-state index is 12.6. The molecule has 11 heteroatoms. The van der Waals surface area contributed by atoms with E-state index in [1.165, 1.54) is 6.07 Å². The number of hydrogen-bond acceptors (Lipinski definition) is 5. The highest BCUT2D eigenvalue weighted by atomic mass is 35.5. The second-order valence-electron chi connectivity index (χ2n) is 4.49. The number of nitrogens with zero attached hydrogens (tertiary/aromatic N) is 1. The Balaban J connectivity index is 3.25. The first-order valence-corrected chi connectivity index (χ1v) is 9.99. The summed E-state index contributed by atoms with van der Waals surface area (Å²) in [5, 5.41) is -0.0935. The molecule has 22 heavy (non-hydrogen) atoms. The fraction of sp³-hybridized carbons (Fsp3) is 0.455. The van der Waals surface area contributed by atoms with E-state index in [2.05, 4.69) is 0 Å². The molecule has 0 spiro atoms. The molecule has 0 aromatic heterocycles. The third-order valence-corrected chi connectivity index (χ3v) is 6.13. The topological polar surface area (TPSA) is 118 Å². The largest absolute Gasteiger partial charge is 0.397 e. The van der Waals surface area contributed by atoms with Crippen molar-refractivity contribution in [3.8, 4) is 0 Å². The van der Waals surface area contributed by atoms with E-state index in [1.807, 2.05) is 0 Å². The predicted octanol–water partition coefficient (Wildman–Crippen LogP) is 1.86.